The zero-order chi connectivity index (χ0) is 18.0. The van der Waals surface area contributed by atoms with E-state index >= 15 is 0 Å². The molecule has 0 radical (unpaired) electrons. The lowest BCUT2D eigenvalue weighted by Gasteiger charge is -2.01. The van der Waals surface area contributed by atoms with Gasteiger partial charge in [-0.25, -0.2) is 9.67 Å². The maximum absolute atomic E-state index is 11.8. The Bertz CT molecular complexity index is 1050. The highest BCUT2D eigenvalue weighted by Gasteiger charge is 2.13. The van der Waals surface area contributed by atoms with E-state index in [0.29, 0.717) is 17.9 Å². The van der Waals surface area contributed by atoms with Crippen molar-refractivity contribution in [1.82, 2.24) is 19.7 Å². The molecule has 0 amide bonds. The van der Waals surface area contributed by atoms with Crippen LogP contribution in [0.4, 0.5) is 5.95 Å². The molecule has 3 rings (SSSR count). The number of aromatic amines is 1. The lowest BCUT2D eigenvalue weighted by molar-refractivity contribution is 0.487. The van der Waals surface area contributed by atoms with Crippen molar-refractivity contribution in [3.05, 3.63) is 67.3 Å². The van der Waals surface area contributed by atoms with Crippen LogP contribution >= 0.6 is 11.3 Å². The number of rotatable bonds is 4. The van der Waals surface area contributed by atoms with Crippen LogP contribution in [-0.2, 0) is 6.54 Å². The molecule has 0 aliphatic carbocycles. The summed E-state index contributed by atoms with van der Waals surface area (Å²) in [5.74, 6) is 0.166. The maximum Gasteiger partial charge on any atom is 0.310 e. The molecule has 1 aromatic carbocycles. The Hall–Kier alpha value is -3.07. The standard InChI is InChI=1S/C16H15N5O3S/c1-9-3-5-11(6-4-9)7-21-8-17-15(20-21)18-10(2)12-13(22)19-16(24)25-14(12)23/h3-6,8,23H,7H2,1-2H3,(H,19,22,24). The number of aromatic hydroxyl groups is 1. The van der Waals surface area contributed by atoms with E-state index in [1.54, 1.807) is 17.9 Å². The van der Waals surface area contributed by atoms with Gasteiger partial charge in [0.25, 0.3) is 11.5 Å². The number of hydrogen-bond donors (Lipinski definition) is 2. The summed E-state index contributed by atoms with van der Waals surface area (Å²) in [7, 11) is 0. The first-order valence-electron chi connectivity index (χ1n) is 7.39. The Kier molecular flexibility index (Phi) is 4.57. The van der Waals surface area contributed by atoms with Gasteiger partial charge in [-0.05, 0) is 30.7 Å². The Labute approximate surface area is 146 Å². The fraction of sp³-hybridized carbons (Fsp3) is 0.188. The number of aliphatic imine (C=N–C) groups is 1. The van der Waals surface area contributed by atoms with Gasteiger partial charge in [0.2, 0.25) is 0 Å². The van der Waals surface area contributed by atoms with Crippen molar-refractivity contribution in [3.8, 4) is 5.06 Å². The van der Waals surface area contributed by atoms with Crippen LogP contribution < -0.4 is 10.4 Å². The Balaban J connectivity index is 1.85. The van der Waals surface area contributed by atoms with Crippen LogP contribution in [0.2, 0.25) is 0 Å². The van der Waals surface area contributed by atoms with Gasteiger partial charge >= 0.3 is 4.87 Å². The van der Waals surface area contributed by atoms with E-state index in [4.69, 9.17) is 0 Å². The van der Waals surface area contributed by atoms with Crippen molar-refractivity contribution in [3.63, 3.8) is 0 Å². The van der Waals surface area contributed by atoms with E-state index in [0.717, 1.165) is 5.56 Å². The van der Waals surface area contributed by atoms with Gasteiger partial charge in [0.15, 0.2) is 5.06 Å². The second-order valence-corrected chi connectivity index (χ2v) is 6.41. The first-order chi connectivity index (χ1) is 11.9. The Morgan fingerprint density at radius 2 is 2.04 bits per heavy atom. The molecule has 0 saturated heterocycles. The first-order valence-corrected chi connectivity index (χ1v) is 8.21. The molecule has 25 heavy (non-hydrogen) atoms. The molecule has 3 aromatic rings. The number of hydrogen-bond acceptors (Lipinski definition) is 7. The molecule has 0 unspecified atom stereocenters. The third-order valence-corrected chi connectivity index (χ3v) is 4.15. The van der Waals surface area contributed by atoms with E-state index in [1.807, 2.05) is 31.2 Å². The van der Waals surface area contributed by atoms with E-state index in [2.05, 4.69) is 20.1 Å². The molecule has 0 aliphatic rings. The fourth-order valence-corrected chi connectivity index (χ4v) is 2.90. The van der Waals surface area contributed by atoms with Crippen LogP contribution in [0.3, 0.4) is 0 Å². The van der Waals surface area contributed by atoms with Gasteiger partial charge in [-0.15, -0.1) is 5.10 Å². The SMILES string of the molecule is CC(=Nc1ncn(Cc2ccc(C)cc2)n1)c1c(O)sc(=O)[nH]c1=O. The molecule has 9 heteroatoms. The van der Waals surface area contributed by atoms with Gasteiger partial charge in [0.05, 0.1) is 12.3 Å². The van der Waals surface area contributed by atoms with Gasteiger partial charge in [-0.3, -0.25) is 14.6 Å². The smallest absolute Gasteiger partial charge is 0.310 e. The van der Waals surface area contributed by atoms with E-state index < -0.39 is 10.4 Å². The van der Waals surface area contributed by atoms with Crippen molar-refractivity contribution in [2.24, 2.45) is 4.99 Å². The number of benzene rings is 1. The summed E-state index contributed by atoms with van der Waals surface area (Å²) in [6.45, 7) is 4.11. The fourth-order valence-electron chi connectivity index (χ4n) is 2.23. The number of aryl methyl sites for hydroxylation is 1. The summed E-state index contributed by atoms with van der Waals surface area (Å²) < 4.78 is 1.63. The second kappa shape index (κ2) is 6.81. The number of aromatic nitrogens is 4. The van der Waals surface area contributed by atoms with Crippen LogP contribution in [0.5, 0.6) is 5.06 Å². The second-order valence-electron chi connectivity index (χ2n) is 5.45. The van der Waals surface area contributed by atoms with E-state index in [1.165, 1.54) is 5.56 Å². The molecule has 2 aromatic heterocycles. The predicted octanol–water partition coefficient (Wildman–Crippen LogP) is 1.59. The van der Waals surface area contributed by atoms with Crippen LogP contribution in [0.15, 0.2) is 45.2 Å². The van der Waals surface area contributed by atoms with Crippen molar-refractivity contribution >= 4 is 23.0 Å². The van der Waals surface area contributed by atoms with E-state index in [-0.39, 0.29) is 22.3 Å². The molecule has 2 heterocycles. The highest BCUT2D eigenvalue weighted by Crippen LogP contribution is 2.17. The van der Waals surface area contributed by atoms with Gasteiger partial charge in [-0.2, -0.15) is 4.98 Å². The zero-order valence-electron chi connectivity index (χ0n) is 13.6. The number of nitrogens with zero attached hydrogens (tertiary/aromatic N) is 4. The van der Waals surface area contributed by atoms with Crippen molar-refractivity contribution in [2.45, 2.75) is 20.4 Å². The van der Waals surface area contributed by atoms with Gasteiger partial charge in [-0.1, -0.05) is 29.8 Å². The van der Waals surface area contributed by atoms with Gasteiger partial charge in [0, 0.05) is 0 Å². The molecule has 0 fully saturated rings. The molecule has 0 spiro atoms. The summed E-state index contributed by atoms with van der Waals surface area (Å²) in [5.41, 5.74) is 1.73. The molecular weight excluding hydrogens is 342 g/mol. The topological polar surface area (TPSA) is 113 Å². The minimum absolute atomic E-state index is 0.0560. The Morgan fingerprint density at radius 1 is 1.32 bits per heavy atom. The summed E-state index contributed by atoms with van der Waals surface area (Å²) in [6, 6.07) is 8.06. The van der Waals surface area contributed by atoms with Crippen molar-refractivity contribution in [2.75, 3.05) is 0 Å². The van der Waals surface area contributed by atoms with Crippen LogP contribution in [0, 0.1) is 6.92 Å². The number of nitrogens with one attached hydrogen (secondary N) is 1. The minimum Gasteiger partial charge on any atom is -0.499 e. The molecule has 128 valence electrons. The normalized spacial score (nSPS) is 11.7. The third-order valence-electron chi connectivity index (χ3n) is 3.46. The molecule has 2 N–H and O–H groups in total. The quantitative estimate of drug-likeness (QED) is 0.689. The average Bonchev–Trinajstić information content (AvgIpc) is 2.95. The number of H-pyrrole nitrogens is 1. The van der Waals surface area contributed by atoms with E-state index in [9.17, 15) is 14.7 Å². The summed E-state index contributed by atoms with van der Waals surface area (Å²) in [6.07, 6.45) is 1.54. The molecular formula is C16H15N5O3S. The molecule has 8 nitrogen and oxygen atoms in total. The monoisotopic (exact) mass is 357 g/mol. The lowest BCUT2D eigenvalue weighted by atomic mass is 10.1. The zero-order valence-corrected chi connectivity index (χ0v) is 14.4. The average molecular weight is 357 g/mol. The molecule has 0 aliphatic heterocycles. The van der Waals surface area contributed by atoms with Crippen molar-refractivity contribution in [1.29, 1.82) is 0 Å². The van der Waals surface area contributed by atoms with Gasteiger partial charge in [0.1, 0.15) is 11.9 Å². The predicted molar refractivity (Wildman–Crippen MR) is 95.0 cm³/mol. The summed E-state index contributed by atoms with van der Waals surface area (Å²) in [5, 5.41) is 13.7. The highest BCUT2D eigenvalue weighted by atomic mass is 32.1. The van der Waals surface area contributed by atoms with Crippen LogP contribution in [0.25, 0.3) is 0 Å². The summed E-state index contributed by atoms with van der Waals surface area (Å²) >= 11 is 0.538. The third kappa shape index (κ3) is 3.89. The van der Waals surface area contributed by atoms with Crippen LogP contribution in [0.1, 0.15) is 23.6 Å². The minimum atomic E-state index is -0.693. The largest absolute Gasteiger partial charge is 0.499 e. The Morgan fingerprint density at radius 3 is 2.72 bits per heavy atom. The molecule has 0 bridgehead atoms. The first kappa shape index (κ1) is 16.8. The van der Waals surface area contributed by atoms with Crippen LogP contribution in [-0.4, -0.2) is 30.6 Å². The summed E-state index contributed by atoms with van der Waals surface area (Å²) in [4.78, 5) is 32.7. The van der Waals surface area contributed by atoms with Gasteiger partial charge < -0.3 is 5.11 Å². The molecule has 0 saturated carbocycles. The highest BCUT2D eigenvalue weighted by molar-refractivity contribution is 7.11. The maximum atomic E-state index is 11.8. The molecule has 0 atom stereocenters. The van der Waals surface area contributed by atoms with Crippen molar-refractivity contribution < 1.29 is 5.11 Å². The lowest BCUT2D eigenvalue weighted by Crippen LogP contribution is -2.22.